The van der Waals surface area contributed by atoms with Crippen LogP contribution in [-0.4, -0.2) is 0 Å². The highest BCUT2D eigenvalue weighted by molar-refractivity contribution is 6.21. The van der Waals surface area contributed by atoms with Crippen molar-refractivity contribution >= 4 is 71.7 Å². The second-order valence-electron chi connectivity index (χ2n) is 11.3. The molecule has 7 aromatic carbocycles. The first-order valence-electron chi connectivity index (χ1n) is 14.9. The van der Waals surface area contributed by atoms with Crippen LogP contribution in [0.5, 0.6) is 0 Å². The number of furan rings is 2. The van der Waals surface area contributed by atoms with E-state index in [4.69, 9.17) is 8.83 Å². The zero-order chi connectivity index (χ0) is 29.2. The topological polar surface area (TPSA) is 29.5 Å². The summed E-state index contributed by atoms with van der Waals surface area (Å²) in [7, 11) is 0. The highest BCUT2D eigenvalue weighted by atomic mass is 16.3. The number of anilines is 3. The molecular weight excluding hydrogens is 538 g/mol. The van der Waals surface area contributed by atoms with Gasteiger partial charge in [0.15, 0.2) is 5.58 Å². The molecule has 0 atom stereocenters. The average molecular weight is 566 g/mol. The monoisotopic (exact) mass is 565 g/mol. The highest BCUT2D eigenvalue weighted by Gasteiger charge is 2.24. The lowest BCUT2D eigenvalue weighted by Crippen LogP contribution is -2.12. The number of hydrogen-bond acceptors (Lipinski definition) is 3. The summed E-state index contributed by atoms with van der Waals surface area (Å²) < 4.78 is 13.4. The third-order valence-electron chi connectivity index (χ3n) is 8.79. The Balaban J connectivity index is 1.40. The summed E-state index contributed by atoms with van der Waals surface area (Å²) in [5, 5.41) is 6.59. The number of para-hydroxylation sites is 4. The molecule has 0 amide bonds. The minimum absolute atomic E-state index is 0.857. The van der Waals surface area contributed by atoms with Crippen molar-refractivity contribution in [1.29, 1.82) is 0 Å². The molecular formula is C41H27NO2. The number of rotatable bonds is 4. The first-order chi connectivity index (χ1) is 21.8. The summed E-state index contributed by atoms with van der Waals surface area (Å²) in [5.41, 5.74) is 10.1. The third-order valence-corrected chi connectivity index (χ3v) is 8.79. The molecule has 0 aliphatic rings. The van der Waals surface area contributed by atoms with Crippen LogP contribution in [0.4, 0.5) is 17.1 Å². The van der Waals surface area contributed by atoms with Gasteiger partial charge in [-0.05, 0) is 42.3 Å². The Morgan fingerprint density at radius 2 is 1.02 bits per heavy atom. The molecule has 0 unspecified atom stereocenters. The lowest BCUT2D eigenvalue weighted by Gasteiger charge is -2.28. The molecule has 0 spiro atoms. The smallest absolute Gasteiger partial charge is 0.159 e. The van der Waals surface area contributed by atoms with Gasteiger partial charge in [0.05, 0.1) is 11.4 Å². The van der Waals surface area contributed by atoms with E-state index in [1.165, 1.54) is 5.56 Å². The molecule has 9 rings (SSSR count). The van der Waals surface area contributed by atoms with Crippen molar-refractivity contribution in [3.63, 3.8) is 0 Å². The highest BCUT2D eigenvalue weighted by Crippen LogP contribution is 2.48. The van der Waals surface area contributed by atoms with E-state index in [9.17, 15) is 0 Å². The number of hydrogen-bond donors (Lipinski definition) is 0. The summed E-state index contributed by atoms with van der Waals surface area (Å²) in [6.07, 6.45) is 0. The Morgan fingerprint density at radius 1 is 0.409 bits per heavy atom. The number of aryl methyl sites for hydroxylation is 1. The molecule has 0 radical (unpaired) electrons. The van der Waals surface area contributed by atoms with Gasteiger partial charge in [-0.3, -0.25) is 0 Å². The third kappa shape index (κ3) is 3.63. The molecule has 0 N–H and O–H groups in total. The SMILES string of the molecule is Cc1ccccc1N(c1cc2c3ccccc3oc2c2ccccc12)c1cccc2c1oc1c(-c3ccccc3)cccc12. The first-order valence-corrected chi connectivity index (χ1v) is 14.9. The van der Waals surface area contributed by atoms with E-state index in [1.807, 2.05) is 18.2 Å². The van der Waals surface area contributed by atoms with Crippen molar-refractivity contribution in [2.45, 2.75) is 6.92 Å². The molecule has 9 aromatic rings. The summed E-state index contributed by atoms with van der Waals surface area (Å²) in [4.78, 5) is 2.37. The van der Waals surface area contributed by atoms with Gasteiger partial charge in [0.25, 0.3) is 0 Å². The number of fused-ring (bicyclic) bond motifs is 8. The maximum absolute atomic E-state index is 6.93. The Labute approximate surface area is 254 Å². The molecule has 3 heteroatoms. The van der Waals surface area contributed by atoms with Gasteiger partial charge in [0.1, 0.15) is 16.7 Å². The molecule has 44 heavy (non-hydrogen) atoms. The van der Waals surface area contributed by atoms with E-state index < -0.39 is 0 Å². The van der Waals surface area contributed by atoms with Crippen LogP contribution in [0.25, 0.3) is 65.8 Å². The lowest BCUT2D eigenvalue weighted by molar-refractivity contribution is 0.670. The van der Waals surface area contributed by atoms with Gasteiger partial charge in [-0.1, -0.05) is 121 Å². The van der Waals surface area contributed by atoms with Crippen LogP contribution >= 0.6 is 0 Å². The quantitative estimate of drug-likeness (QED) is 0.213. The summed E-state index contributed by atoms with van der Waals surface area (Å²) in [5.74, 6) is 0. The molecule has 0 aliphatic carbocycles. The van der Waals surface area contributed by atoms with Crippen LogP contribution in [0.1, 0.15) is 5.56 Å². The largest absolute Gasteiger partial charge is 0.455 e. The lowest BCUT2D eigenvalue weighted by atomic mass is 10.0. The van der Waals surface area contributed by atoms with Crippen molar-refractivity contribution in [2.75, 3.05) is 4.90 Å². The first kappa shape index (κ1) is 24.8. The van der Waals surface area contributed by atoms with Gasteiger partial charge in [-0.2, -0.15) is 0 Å². The zero-order valence-corrected chi connectivity index (χ0v) is 24.1. The van der Waals surface area contributed by atoms with E-state index in [0.29, 0.717) is 0 Å². The maximum Gasteiger partial charge on any atom is 0.159 e. The Bertz CT molecular complexity index is 2520. The standard InChI is InChI=1S/C41H27NO2/c1-26-13-5-9-22-35(26)42(37-25-34-30-17-8-10-24-38(30)43-40(34)31-18-7-6-16-29(31)37)36-23-12-21-33-32-20-11-19-28(39(32)44-41(33)36)27-14-3-2-4-15-27/h2-25H,1H3. The Hall–Kier alpha value is -5.80. The Morgan fingerprint density at radius 3 is 1.86 bits per heavy atom. The van der Waals surface area contributed by atoms with Crippen molar-refractivity contribution in [3.8, 4) is 11.1 Å². The van der Waals surface area contributed by atoms with Crippen LogP contribution in [0, 0.1) is 6.92 Å². The summed E-state index contributed by atoms with van der Waals surface area (Å²) in [6.45, 7) is 2.17. The van der Waals surface area contributed by atoms with Crippen molar-refractivity contribution in [1.82, 2.24) is 0 Å². The number of benzene rings is 7. The van der Waals surface area contributed by atoms with E-state index in [0.717, 1.165) is 82.8 Å². The van der Waals surface area contributed by atoms with Crippen molar-refractivity contribution < 1.29 is 8.83 Å². The zero-order valence-electron chi connectivity index (χ0n) is 24.1. The summed E-state index contributed by atoms with van der Waals surface area (Å²) >= 11 is 0. The fraction of sp³-hybridized carbons (Fsp3) is 0.0244. The molecule has 2 heterocycles. The minimum Gasteiger partial charge on any atom is -0.455 e. The van der Waals surface area contributed by atoms with Gasteiger partial charge < -0.3 is 13.7 Å². The molecule has 2 aromatic heterocycles. The second-order valence-corrected chi connectivity index (χ2v) is 11.3. The molecule has 0 saturated heterocycles. The normalized spacial score (nSPS) is 11.8. The van der Waals surface area contributed by atoms with Crippen molar-refractivity contribution in [2.24, 2.45) is 0 Å². The van der Waals surface area contributed by atoms with Crippen LogP contribution in [-0.2, 0) is 0 Å². The second kappa shape index (κ2) is 9.62. The molecule has 3 nitrogen and oxygen atoms in total. The van der Waals surface area contributed by atoms with Gasteiger partial charge in [0.2, 0.25) is 0 Å². The van der Waals surface area contributed by atoms with E-state index >= 15 is 0 Å². The van der Waals surface area contributed by atoms with E-state index in [2.05, 4.69) is 139 Å². The van der Waals surface area contributed by atoms with E-state index in [1.54, 1.807) is 0 Å². The maximum atomic E-state index is 6.93. The van der Waals surface area contributed by atoms with Crippen LogP contribution in [0.15, 0.2) is 154 Å². The minimum atomic E-state index is 0.857. The van der Waals surface area contributed by atoms with Crippen LogP contribution < -0.4 is 4.90 Å². The predicted molar refractivity (Wildman–Crippen MR) is 183 cm³/mol. The molecule has 0 saturated carbocycles. The molecule has 208 valence electrons. The van der Waals surface area contributed by atoms with E-state index in [-0.39, 0.29) is 0 Å². The number of nitrogens with zero attached hydrogens (tertiary/aromatic N) is 1. The average Bonchev–Trinajstić information content (AvgIpc) is 3.65. The Kier molecular flexibility index (Phi) is 5.41. The van der Waals surface area contributed by atoms with Gasteiger partial charge in [-0.25, -0.2) is 0 Å². The molecule has 0 bridgehead atoms. The fourth-order valence-electron chi connectivity index (χ4n) is 6.74. The van der Waals surface area contributed by atoms with Gasteiger partial charge in [0, 0.05) is 43.6 Å². The molecule has 0 fully saturated rings. The summed E-state index contributed by atoms with van der Waals surface area (Å²) in [6, 6.07) is 51.0. The molecule has 0 aliphatic heterocycles. The van der Waals surface area contributed by atoms with Crippen molar-refractivity contribution in [3.05, 3.63) is 151 Å². The van der Waals surface area contributed by atoms with Gasteiger partial charge in [-0.15, -0.1) is 0 Å². The van der Waals surface area contributed by atoms with Gasteiger partial charge >= 0.3 is 0 Å². The predicted octanol–water partition coefficient (Wildman–Crippen LogP) is 12.1. The van der Waals surface area contributed by atoms with Crippen LogP contribution in [0.3, 0.4) is 0 Å². The van der Waals surface area contributed by atoms with Crippen LogP contribution in [0.2, 0.25) is 0 Å². The fourth-order valence-corrected chi connectivity index (χ4v) is 6.74.